The summed E-state index contributed by atoms with van der Waals surface area (Å²) in [6, 6.07) is 6.11. The van der Waals surface area contributed by atoms with Gasteiger partial charge < -0.3 is 0 Å². The molecule has 0 saturated heterocycles. The highest BCUT2D eigenvalue weighted by atomic mass is 32.2. The van der Waals surface area contributed by atoms with Crippen LogP contribution in [-0.2, 0) is 0 Å². The number of rotatable bonds is 2. The van der Waals surface area contributed by atoms with E-state index >= 15 is 0 Å². The number of thioether (sulfide) groups is 1. The molecule has 2 rings (SSSR count). The number of allylic oxidation sites excluding steroid dienone is 1. The fraction of sp³-hybridized carbons (Fsp3) is 0.167. The van der Waals surface area contributed by atoms with Gasteiger partial charge in [0.1, 0.15) is 0 Å². The normalized spacial score (nSPS) is 15.4. The van der Waals surface area contributed by atoms with Crippen LogP contribution in [0, 0.1) is 0 Å². The molecule has 94 valence electrons. The summed E-state index contributed by atoms with van der Waals surface area (Å²) in [7, 11) is 0. The summed E-state index contributed by atoms with van der Waals surface area (Å²) in [6.07, 6.45) is 0.989. The molecule has 18 heavy (non-hydrogen) atoms. The van der Waals surface area contributed by atoms with Gasteiger partial charge in [-0.05, 0) is 17.8 Å². The lowest BCUT2D eigenvalue weighted by atomic mass is 9.90. The third kappa shape index (κ3) is 2.64. The van der Waals surface area contributed by atoms with Gasteiger partial charge in [-0.25, -0.2) is 0 Å². The zero-order valence-corrected chi connectivity index (χ0v) is 9.77. The van der Waals surface area contributed by atoms with Gasteiger partial charge in [0.2, 0.25) is 0 Å². The predicted molar refractivity (Wildman–Crippen MR) is 61.7 cm³/mol. The van der Waals surface area contributed by atoms with E-state index in [1.54, 1.807) is 12.1 Å². The first kappa shape index (κ1) is 12.9. The number of halogens is 3. The van der Waals surface area contributed by atoms with E-state index in [2.05, 4.69) is 0 Å². The van der Waals surface area contributed by atoms with E-state index in [4.69, 9.17) is 0 Å². The molecule has 0 saturated carbocycles. The molecule has 0 fully saturated rings. The number of carbonyl (C=O) groups excluding carboxylic acids is 2. The summed E-state index contributed by atoms with van der Waals surface area (Å²) in [4.78, 5) is 23.5. The smallest absolute Gasteiger partial charge is 0.289 e. The average molecular weight is 272 g/mol. The third-order valence-corrected chi connectivity index (χ3v) is 3.21. The summed E-state index contributed by atoms with van der Waals surface area (Å²) >= 11 is -0.321. The van der Waals surface area contributed by atoms with Crippen LogP contribution in [0.3, 0.4) is 0 Å². The number of ketones is 2. The Kier molecular flexibility index (Phi) is 3.30. The van der Waals surface area contributed by atoms with Crippen LogP contribution in [0.4, 0.5) is 13.2 Å². The zero-order valence-electron chi connectivity index (χ0n) is 8.95. The largest absolute Gasteiger partial charge is 0.442 e. The van der Waals surface area contributed by atoms with Crippen LogP contribution in [-0.4, -0.2) is 22.8 Å². The van der Waals surface area contributed by atoms with Crippen molar-refractivity contribution in [2.75, 3.05) is 5.75 Å². The minimum absolute atomic E-state index is 0.110. The minimum atomic E-state index is -4.42. The number of hydrogen-bond acceptors (Lipinski definition) is 3. The molecule has 0 aromatic heterocycles. The maximum Gasteiger partial charge on any atom is 0.442 e. The highest BCUT2D eigenvalue weighted by Crippen LogP contribution is 2.33. The van der Waals surface area contributed by atoms with Crippen molar-refractivity contribution in [1.82, 2.24) is 0 Å². The number of carbonyl (C=O) groups is 2. The quantitative estimate of drug-likeness (QED) is 0.828. The molecular weight excluding hydrogens is 265 g/mol. The number of alkyl halides is 3. The Balaban J connectivity index is 2.26. The molecule has 1 aromatic rings. The molecule has 0 heterocycles. The summed E-state index contributed by atoms with van der Waals surface area (Å²) in [5.74, 6) is -1.48. The summed E-state index contributed by atoms with van der Waals surface area (Å²) in [5.41, 5.74) is -4.12. The van der Waals surface area contributed by atoms with Gasteiger partial charge in [0.05, 0.1) is 0 Å². The zero-order chi connectivity index (χ0) is 13.3. The van der Waals surface area contributed by atoms with Crippen molar-refractivity contribution in [2.24, 2.45) is 0 Å². The first-order valence-corrected chi connectivity index (χ1v) is 5.96. The standard InChI is InChI=1S/C12H7F3O2S/c13-12(14,15)18-6-7-5-10(16)8-3-1-2-4-9(8)11(7)17/h1-5H,6H2. The highest BCUT2D eigenvalue weighted by molar-refractivity contribution is 8.00. The Morgan fingerprint density at radius 2 is 1.67 bits per heavy atom. The third-order valence-electron chi connectivity index (χ3n) is 2.43. The first-order valence-electron chi connectivity index (χ1n) is 4.98. The van der Waals surface area contributed by atoms with Gasteiger partial charge >= 0.3 is 5.51 Å². The molecule has 0 spiro atoms. The SMILES string of the molecule is O=C1C=C(CSC(F)(F)F)C(=O)c2ccccc21. The Morgan fingerprint density at radius 1 is 1.06 bits per heavy atom. The monoisotopic (exact) mass is 272 g/mol. The fourth-order valence-electron chi connectivity index (χ4n) is 1.64. The maximum absolute atomic E-state index is 12.1. The second-order valence-corrected chi connectivity index (χ2v) is 4.68. The highest BCUT2D eigenvalue weighted by Gasteiger charge is 2.31. The molecule has 0 radical (unpaired) electrons. The van der Waals surface area contributed by atoms with Crippen molar-refractivity contribution >= 4 is 23.3 Å². The molecule has 2 nitrogen and oxygen atoms in total. The molecule has 0 amide bonds. The number of benzene rings is 1. The van der Waals surface area contributed by atoms with Crippen molar-refractivity contribution in [3.05, 3.63) is 47.0 Å². The molecule has 6 heteroatoms. The second kappa shape index (κ2) is 4.61. The van der Waals surface area contributed by atoms with Crippen LogP contribution >= 0.6 is 11.8 Å². The molecular formula is C12H7F3O2S. The topological polar surface area (TPSA) is 34.1 Å². The molecule has 1 aliphatic rings. The van der Waals surface area contributed by atoms with Gasteiger partial charge in [-0.1, -0.05) is 24.3 Å². The molecule has 0 unspecified atom stereocenters. The van der Waals surface area contributed by atoms with Crippen LogP contribution in [0.2, 0.25) is 0 Å². The Bertz CT molecular complexity index is 546. The predicted octanol–water partition coefficient (Wildman–Crippen LogP) is 3.25. The second-order valence-electron chi connectivity index (χ2n) is 3.64. The van der Waals surface area contributed by atoms with E-state index in [0.29, 0.717) is 0 Å². The van der Waals surface area contributed by atoms with Crippen molar-refractivity contribution in [3.8, 4) is 0 Å². The van der Waals surface area contributed by atoms with E-state index in [9.17, 15) is 22.8 Å². The number of fused-ring (bicyclic) bond motifs is 1. The lowest BCUT2D eigenvalue weighted by Crippen LogP contribution is -2.19. The Labute approximate surface area is 105 Å². The lowest BCUT2D eigenvalue weighted by molar-refractivity contribution is -0.0326. The van der Waals surface area contributed by atoms with Gasteiger partial charge in [0.15, 0.2) is 11.6 Å². The fourth-order valence-corrected chi connectivity index (χ4v) is 2.17. The van der Waals surface area contributed by atoms with E-state index < -0.39 is 22.8 Å². The van der Waals surface area contributed by atoms with Crippen molar-refractivity contribution < 1.29 is 22.8 Å². The van der Waals surface area contributed by atoms with Crippen LogP contribution in [0.1, 0.15) is 20.7 Å². The summed E-state index contributed by atoms with van der Waals surface area (Å²) < 4.78 is 36.2. The van der Waals surface area contributed by atoms with Crippen molar-refractivity contribution in [2.45, 2.75) is 5.51 Å². The average Bonchev–Trinajstić information content (AvgIpc) is 2.31. The molecule has 0 atom stereocenters. The molecule has 0 aliphatic heterocycles. The van der Waals surface area contributed by atoms with Crippen LogP contribution in [0.15, 0.2) is 35.9 Å². The van der Waals surface area contributed by atoms with Crippen LogP contribution in [0.25, 0.3) is 0 Å². The van der Waals surface area contributed by atoms with E-state index in [-0.39, 0.29) is 28.5 Å². The lowest BCUT2D eigenvalue weighted by Gasteiger charge is -2.15. The molecule has 1 aliphatic carbocycles. The van der Waals surface area contributed by atoms with E-state index in [1.807, 2.05) is 0 Å². The van der Waals surface area contributed by atoms with Gasteiger partial charge in [-0.2, -0.15) is 13.2 Å². The first-order chi connectivity index (χ1) is 8.38. The molecule has 0 N–H and O–H groups in total. The van der Waals surface area contributed by atoms with Crippen molar-refractivity contribution in [3.63, 3.8) is 0 Å². The van der Waals surface area contributed by atoms with E-state index in [0.717, 1.165) is 6.08 Å². The molecule has 0 bridgehead atoms. The number of Topliss-reactive ketones (excluding diaryl/α,β-unsaturated/α-hetero) is 1. The summed E-state index contributed by atoms with van der Waals surface area (Å²) in [5, 5.41) is 0. The van der Waals surface area contributed by atoms with Crippen molar-refractivity contribution in [1.29, 1.82) is 0 Å². The van der Waals surface area contributed by atoms with Crippen LogP contribution in [0.5, 0.6) is 0 Å². The van der Waals surface area contributed by atoms with E-state index in [1.165, 1.54) is 12.1 Å². The van der Waals surface area contributed by atoms with Gasteiger partial charge in [0.25, 0.3) is 0 Å². The molecule has 1 aromatic carbocycles. The van der Waals surface area contributed by atoms with Crippen LogP contribution < -0.4 is 0 Å². The van der Waals surface area contributed by atoms with Gasteiger partial charge in [0, 0.05) is 22.5 Å². The maximum atomic E-state index is 12.1. The Morgan fingerprint density at radius 3 is 2.28 bits per heavy atom. The minimum Gasteiger partial charge on any atom is -0.289 e. The van der Waals surface area contributed by atoms with Gasteiger partial charge in [-0.15, -0.1) is 0 Å². The number of hydrogen-bond donors (Lipinski definition) is 0. The van der Waals surface area contributed by atoms with Gasteiger partial charge in [-0.3, -0.25) is 9.59 Å². The summed E-state index contributed by atoms with van der Waals surface area (Å²) in [6.45, 7) is 0. The Hall–Kier alpha value is -1.56.